The largest absolute Gasteiger partial charge is 0.390 e. The lowest BCUT2D eigenvalue weighted by Crippen LogP contribution is -2.64. The Bertz CT molecular complexity index is 2700. The highest BCUT2D eigenvalue weighted by Gasteiger charge is 2.47. The molecule has 0 aromatic heterocycles. The highest BCUT2D eigenvalue weighted by atomic mass is 32.2. The molecule has 25 nitrogen and oxygen atoms in total. The Kier molecular flexibility index (Phi) is 38.0. The number of nitrogens with zero attached hydrogens (tertiary/aromatic N) is 8. The van der Waals surface area contributed by atoms with Crippen molar-refractivity contribution in [2.24, 2.45) is 40.9 Å². The minimum Gasteiger partial charge on any atom is -0.390 e. The van der Waals surface area contributed by atoms with Gasteiger partial charge in [-0.25, -0.2) is 0 Å². The fourth-order valence-electron chi connectivity index (χ4n) is 12.5. The van der Waals surface area contributed by atoms with Gasteiger partial charge in [-0.1, -0.05) is 123 Å². The predicted molar refractivity (Wildman–Crippen MR) is 392 cm³/mol. The third kappa shape index (κ3) is 27.8. The fraction of sp³-hybridized carbons (Fsp3) is 0.822. The van der Waals surface area contributed by atoms with Crippen LogP contribution in [0.1, 0.15) is 190 Å². The first-order valence-corrected chi connectivity index (χ1v) is 37.1. The molecule has 0 aliphatic carbocycles. The van der Waals surface area contributed by atoms with E-state index in [-0.39, 0.29) is 67.4 Å². The van der Waals surface area contributed by atoms with Crippen LogP contribution in [0.25, 0.3) is 0 Å². The first-order chi connectivity index (χ1) is 45.5. The summed E-state index contributed by atoms with van der Waals surface area (Å²) in [4.78, 5) is 176. The molecule has 11 amide bonds. The summed E-state index contributed by atoms with van der Waals surface area (Å²) in [7, 11) is 9.95. The number of aliphatic hydroxyl groups excluding tert-OH is 1. The number of amides is 11. The van der Waals surface area contributed by atoms with E-state index >= 15 is 33.6 Å². The van der Waals surface area contributed by atoms with Crippen molar-refractivity contribution >= 4 is 76.7 Å². The molecule has 1 fully saturated rings. The summed E-state index contributed by atoms with van der Waals surface area (Å²) in [6.45, 7) is 39.9. The molecule has 0 saturated carbocycles. The third-order valence-electron chi connectivity index (χ3n) is 18.7. The highest BCUT2D eigenvalue weighted by Crippen LogP contribution is 2.27. The van der Waals surface area contributed by atoms with Gasteiger partial charge in [0.15, 0.2) is 0 Å². The first kappa shape index (κ1) is 91.2. The van der Waals surface area contributed by atoms with Crippen LogP contribution in [0.15, 0.2) is 12.2 Å². The molecule has 1 heterocycles. The van der Waals surface area contributed by atoms with Gasteiger partial charge in [0.2, 0.25) is 65.0 Å². The van der Waals surface area contributed by atoms with E-state index in [1.807, 2.05) is 47.6 Å². The number of aliphatic hydroxyl groups is 2. The van der Waals surface area contributed by atoms with Crippen LogP contribution in [-0.2, 0) is 52.7 Å². The number of hydrogen-bond donors (Lipinski definition) is 6. The molecule has 13 atom stereocenters. The van der Waals surface area contributed by atoms with E-state index in [0.29, 0.717) is 18.7 Å². The van der Waals surface area contributed by atoms with Crippen LogP contribution >= 0.6 is 11.8 Å². The molecular weight excluding hydrogens is 1280 g/mol. The number of nitrogens with one attached hydrogen (secondary N) is 4. The molecule has 1 aliphatic heterocycles. The number of thioether (sulfide) groups is 1. The summed E-state index contributed by atoms with van der Waals surface area (Å²) >= 11 is 1.41. The molecule has 1 rings (SSSR count). The molecule has 99 heavy (non-hydrogen) atoms. The average Bonchev–Trinajstić information content (AvgIpc) is 0.807. The Labute approximate surface area is 599 Å². The Balaban J connectivity index is 4.63. The summed E-state index contributed by atoms with van der Waals surface area (Å²) in [5.74, 6) is -9.47. The maximum absolute atomic E-state index is 15.5. The van der Waals surface area contributed by atoms with Crippen molar-refractivity contribution in [3.05, 3.63) is 12.2 Å². The predicted octanol–water partition coefficient (Wildman–Crippen LogP) is 5.24. The summed E-state index contributed by atoms with van der Waals surface area (Å²) in [6, 6.07) is -14.4. The zero-order valence-corrected chi connectivity index (χ0v) is 66.7. The van der Waals surface area contributed by atoms with Gasteiger partial charge in [0.25, 0.3) is 0 Å². The van der Waals surface area contributed by atoms with Gasteiger partial charge in [-0.3, -0.25) is 52.7 Å². The number of carbonyl (C=O) groups is 11. The number of likely N-dealkylation sites (N-methyl/N-ethyl adjacent to an activating group) is 7. The maximum atomic E-state index is 15.5. The van der Waals surface area contributed by atoms with Crippen LogP contribution in [-0.4, -0.2) is 273 Å². The van der Waals surface area contributed by atoms with Crippen molar-refractivity contribution in [3.8, 4) is 0 Å². The molecular formula is C73H134N12O13S. The van der Waals surface area contributed by atoms with Crippen LogP contribution < -0.4 is 21.3 Å². The number of carbonyl (C=O) groups excluding carboxylic acids is 11. The van der Waals surface area contributed by atoms with E-state index in [9.17, 15) is 29.4 Å². The first-order valence-electron chi connectivity index (χ1n) is 35.9. The Morgan fingerprint density at radius 1 is 0.525 bits per heavy atom. The SMILES string of the molecule is C/C=C/C[C@@H](C)[C@@H](O)[C@H]1C(=O)N[C@H](CC)C(=O)N(C)[C@H](CSCCN(CC)CC(C)(C)C)C(=O)N(C)[C@@H](CC(C)(C)O)C(=O)N[C@H](C(C)C)C(=O)N(C)[C@H](CC(C)C)C(=O)N[C@H](C)C(=O)N[C@@H](C)C(=O)N(C)[C@@H](CC(C)C)C(=O)N(C)[C@H](CCC(C)C)C(=O)N(C)[C@H](C(C)C)C(=O)N1C. The van der Waals surface area contributed by atoms with Crippen molar-refractivity contribution in [2.75, 3.05) is 80.5 Å². The van der Waals surface area contributed by atoms with E-state index in [0.717, 1.165) is 22.9 Å². The van der Waals surface area contributed by atoms with Crippen LogP contribution in [0.4, 0.5) is 0 Å². The van der Waals surface area contributed by atoms with Gasteiger partial charge in [-0.05, 0) is 121 Å². The Morgan fingerprint density at radius 2 is 1.00 bits per heavy atom. The third-order valence-corrected chi connectivity index (χ3v) is 19.7. The van der Waals surface area contributed by atoms with E-state index in [2.05, 4.69) is 53.9 Å². The van der Waals surface area contributed by atoms with Crippen molar-refractivity contribution < 1.29 is 63.0 Å². The second-order valence-electron chi connectivity index (χ2n) is 31.5. The summed E-state index contributed by atoms with van der Waals surface area (Å²) in [5.41, 5.74) is -1.61. The van der Waals surface area contributed by atoms with Crippen LogP contribution in [0.3, 0.4) is 0 Å². The molecule has 1 aliphatic rings. The Morgan fingerprint density at radius 3 is 1.48 bits per heavy atom. The molecule has 0 aromatic carbocycles. The summed E-state index contributed by atoms with van der Waals surface area (Å²) in [6.07, 6.45) is 2.86. The second kappa shape index (κ2) is 41.3. The van der Waals surface area contributed by atoms with E-state index in [1.165, 1.54) is 113 Å². The molecule has 0 radical (unpaired) electrons. The molecule has 0 aromatic rings. The lowest BCUT2D eigenvalue weighted by atomic mass is 9.91. The van der Waals surface area contributed by atoms with Gasteiger partial charge >= 0.3 is 0 Å². The van der Waals surface area contributed by atoms with Gasteiger partial charge in [-0.15, -0.1) is 0 Å². The smallest absolute Gasteiger partial charge is 0.246 e. The van der Waals surface area contributed by atoms with Crippen molar-refractivity contribution in [1.82, 2.24) is 60.5 Å². The van der Waals surface area contributed by atoms with Gasteiger partial charge in [0.05, 0.1) is 11.7 Å². The molecule has 0 spiro atoms. The maximum Gasteiger partial charge on any atom is 0.246 e. The molecule has 0 unspecified atom stereocenters. The summed E-state index contributed by atoms with van der Waals surface area (Å²) < 4.78 is 0. The molecule has 0 bridgehead atoms. The minimum absolute atomic E-state index is 0.01000. The zero-order chi connectivity index (χ0) is 76.8. The minimum atomic E-state index is -1.66. The van der Waals surface area contributed by atoms with E-state index < -0.39 is 161 Å². The standard InChI is InChI=1S/C73H134N12O13S/c1-29-32-33-48(14)60(86)59-64(90)76-51(30-2)66(92)82(26)56(41-99-37-36-85(31-3)42-72(17,18)19)69(95)81(25)55(40-73(20,21)98)63(89)77-57(46(10)11)70(96)79(23)53(38-44(6)7)62(88)74-49(15)61(87)75-50(16)65(91)80(24)54(39-45(8)9)68(94)78(22)52(35-34-43(4)5)67(93)83(27)58(47(12)13)71(97)84(59)28/h29,32,43-60,86,98H,30-31,33-42H2,1-28H3,(H,74,88)(H,75,87)(H,76,90)(H,77,89)/b32-29+/t48-,49-,50+,51-,52-,53-,54+,55+,56-,57-,58-,59+,60-/m1/s1. The number of rotatable bonds is 23. The van der Waals surface area contributed by atoms with E-state index in [1.54, 1.807) is 54.5 Å². The number of allylic oxidation sites excluding steroid dienone is 2. The second-order valence-corrected chi connectivity index (χ2v) is 32.7. The van der Waals surface area contributed by atoms with Gasteiger partial charge in [0.1, 0.15) is 66.5 Å². The van der Waals surface area contributed by atoms with E-state index in [4.69, 9.17) is 0 Å². The van der Waals surface area contributed by atoms with Gasteiger partial charge in [0, 0.05) is 80.3 Å². The van der Waals surface area contributed by atoms with Crippen LogP contribution in [0.5, 0.6) is 0 Å². The highest BCUT2D eigenvalue weighted by molar-refractivity contribution is 7.99. The number of hydrogen-bond acceptors (Lipinski definition) is 15. The van der Waals surface area contributed by atoms with Gasteiger partial charge in [-0.2, -0.15) is 11.8 Å². The zero-order valence-electron chi connectivity index (χ0n) is 65.9. The molecule has 26 heteroatoms. The van der Waals surface area contributed by atoms with Gasteiger partial charge < -0.3 is 70.7 Å². The fourth-order valence-corrected chi connectivity index (χ4v) is 13.6. The summed E-state index contributed by atoms with van der Waals surface area (Å²) in [5, 5.41) is 35.0. The van der Waals surface area contributed by atoms with Crippen LogP contribution in [0, 0.1) is 40.9 Å². The lowest BCUT2D eigenvalue weighted by molar-refractivity contribution is -0.157. The quantitative estimate of drug-likeness (QED) is 0.0563. The normalized spacial score (nSPS) is 25.9. The molecule has 570 valence electrons. The van der Waals surface area contributed by atoms with Crippen molar-refractivity contribution in [2.45, 2.75) is 269 Å². The topological polar surface area (TPSA) is 302 Å². The molecule has 1 saturated heterocycles. The monoisotopic (exact) mass is 1420 g/mol. The lowest BCUT2D eigenvalue weighted by Gasteiger charge is -2.41. The van der Waals surface area contributed by atoms with Crippen molar-refractivity contribution in [3.63, 3.8) is 0 Å². The Hall–Kier alpha value is -5.86. The van der Waals surface area contributed by atoms with Crippen LogP contribution in [0.2, 0.25) is 0 Å². The molecule has 6 N–H and O–H groups in total. The van der Waals surface area contributed by atoms with Crippen molar-refractivity contribution in [1.29, 1.82) is 0 Å². The average molecular weight is 1420 g/mol.